The van der Waals surface area contributed by atoms with Crippen LogP contribution < -0.4 is 11.1 Å². The minimum absolute atomic E-state index is 0.397. The second kappa shape index (κ2) is 4.94. The third-order valence-electron chi connectivity index (χ3n) is 2.42. The fraction of sp³-hybridized carbons (Fsp3) is 0.0769. The molecule has 0 aliphatic rings. The zero-order chi connectivity index (χ0) is 13.1. The van der Waals surface area contributed by atoms with Crippen molar-refractivity contribution in [1.29, 1.82) is 5.26 Å². The zero-order valence-electron chi connectivity index (χ0n) is 9.74. The van der Waals surface area contributed by atoms with E-state index in [1.54, 1.807) is 24.3 Å². The SMILES string of the molecule is Cc1ccc(N)c(Nc2ccc(C#N)c(Cl)c2)n1. The first-order chi connectivity index (χ1) is 8.60. The van der Waals surface area contributed by atoms with E-state index in [-0.39, 0.29) is 0 Å². The number of aryl methyl sites for hydroxylation is 1. The second-order valence-corrected chi connectivity index (χ2v) is 4.23. The molecule has 0 amide bonds. The average Bonchev–Trinajstić information content (AvgIpc) is 2.34. The van der Waals surface area contributed by atoms with Gasteiger partial charge in [0, 0.05) is 11.4 Å². The first-order valence-corrected chi connectivity index (χ1v) is 5.68. The summed E-state index contributed by atoms with van der Waals surface area (Å²) in [6.07, 6.45) is 0. The molecule has 1 aromatic carbocycles. The maximum atomic E-state index is 8.79. The average molecular weight is 259 g/mol. The van der Waals surface area contributed by atoms with Crippen molar-refractivity contribution in [2.24, 2.45) is 0 Å². The molecule has 5 heteroatoms. The molecule has 2 aromatic rings. The topological polar surface area (TPSA) is 74.7 Å². The van der Waals surface area contributed by atoms with E-state index < -0.39 is 0 Å². The van der Waals surface area contributed by atoms with Crippen LogP contribution >= 0.6 is 11.6 Å². The minimum Gasteiger partial charge on any atom is -0.396 e. The maximum Gasteiger partial charge on any atom is 0.153 e. The number of benzene rings is 1. The normalized spacial score (nSPS) is 9.83. The molecule has 3 N–H and O–H groups in total. The van der Waals surface area contributed by atoms with E-state index >= 15 is 0 Å². The van der Waals surface area contributed by atoms with Gasteiger partial charge in [0.15, 0.2) is 5.82 Å². The van der Waals surface area contributed by atoms with Gasteiger partial charge in [-0.15, -0.1) is 0 Å². The van der Waals surface area contributed by atoms with Crippen LogP contribution in [0.2, 0.25) is 5.02 Å². The van der Waals surface area contributed by atoms with Crippen molar-refractivity contribution in [3.05, 3.63) is 46.6 Å². The lowest BCUT2D eigenvalue weighted by Gasteiger charge is -2.09. The van der Waals surface area contributed by atoms with Crippen LogP contribution in [0.1, 0.15) is 11.3 Å². The molecule has 2 rings (SSSR count). The molecule has 0 aliphatic carbocycles. The molecule has 0 spiro atoms. The molecule has 90 valence electrons. The number of nitrogens with one attached hydrogen (secondary N) is 1. The highest BCUT2D eigenvalue weighted by atomic mass is 35.5. The van der Waals surface area contributed by atoms with Crippen LogP contribution in [0.5, 0.6) is 0 Å². The van der Waals surface area contributed by atoms with E-state index in [9.17, 15) is 0 Å². The second-order valence-electron chi connectivity index (χ2n) is 3.82. The third-order valence-corrected chi connectivity index (χ3v) is 2.73. The van der Waals surface area contributed by atoms with Crippen molar-refractivity contribution in [2.45, 2.75) is 6.92 Å². The van der Waals surface area contributed by atoms with Gasteiger partial charge >= 0.3 is 0 Å². The Morgan fingerprint density at radius 2 is 2.11 bits per heavy atom. The smallest absolute Gasteiger partial charge is 0.153 e. The number of pyridine rings is 1. The summed E-state index contributed by atoms with van der Waals surface area (Å²) in [6.45, 7) is 1.89. The van der Waals surface area contributed by atoms with Gasteiger partial charge in [0.2, 0.25) is 0 Å². The molecule has 0 unspecified atom stereocenters. The number of hydrogen-bond acceptors (Lipinski definition) is 4. The summed E-state index contributed by atoms with van der Waals surface area (Å²) in [5, 5.41) is 12.3. The molecule has 0 saturated heterocycles. The Labute approximate surface area is 110 Å². The maximum absolute atomic E-state index is 8.79. The van der Waals surface area contributed by atoms with Crippen LogP contribution in [-0.4, -0.2) is 4.98 Å². The monoisotopic (exact) mass is 258 g/mol. The Kier molecular flexibility index (Phi) is 3.35. The molecule has 1 heterocycles. The van der Waals surface area contributed by atoms with Gasteiger partial charge in [-0.05, 0) is 37.3 Å². The van der Waals surface area contributed by atoms with Gasteiger partial charge in [-0.25, -0.2) is 4.98 Å². The van der Waals surface area contributed by atoms with Crippen LogP contribution in [0.4, 0.5) is 17.2 Å². The number of nitrogens with zero attached hydrogens (tertiary/aromatic N) is 2. The lowest BCUT2D eigenvalue weighted by Crippen LogP contribution is -2.00. The predicted octanol–water partition coefficient (Wildman–Crippen LogP) is 3.24. The van der Waals surface area contributed by atoms with Crippen molar-refractivity contribution < 1.29 is 0 Å². The summed E-state index contributed by atoms with van der Waals surface area (Å²) in [5.74, 6) is 0.579. The highest BCUT2D eigenvalue weighted by Crippen LogP contribution is 2.25. The minimum atomic E-state index is 0.397. The Morgan fingerprint density at radius 1 is 1.33 bits per heavy atom. The molecular formula is C13H11ClN4. The summed E-state index contributed by atoms with van der Waals surface area (Å²) in [4.78, 5) is 4.30. The number of aromatic nitrogens is 1. The Balaban J connectivity index is 2.32. The predicted molar refractivity (Wildman–Crippen MR) is 72.8 cm³/mol. The van der Waals surface area contributed by atoms with E-state index in [4.69, 9.17) is 22.6 Å². The zero-order valence-corrected chi connectivity index (χ0v) is 10.5. The van der Waals surface area contributed by atoms with Crippen LogP contribution in [0.25, 0.3) is 0 Å². The van der Waals surface area contributed by atoms with E-state index in [1.807, 2.05) is 19.1 Å². The quantitative estimate of drug-likeness (QED) is 0.867. The van der Waals surface area contributed by atoms with Gasteiger partial charge in [0.1, 0.15) is 6.07 Å². The highest BCUT2D eigenvalue weighted by Gasteiger charge is 2.04. The molecule has 4 nitrogen and oxygen atoms in total. The van der Waals surface area contributed by atoms with E-state index in [0.717, 1.165) is 11.4 Å². The molecule has 18 heavy (non-hydrogen) atoms. The Hall–Kier alpha value is -2.25. The van der Waals surface area contributed by atoms with E-state index in [1.165, 1.54) is 0 Å². The number of anilines is 3. The van der Waals surface area contributed by atoms with Gasteiger partial charge in [-0.3, -0.25) is 0 Å². The van der Waals surface area contributed by atoms with Crippen LogP contribution in [0.3, 0.4) is 0 Å². The van der Waals surface area contributed by atoms with Crippen LogP contribution in [0.15, 0.2) is 30.3 Å². The van der Waals surface area contributed by atoms with Gasteiger partial charge in [0.05, 0.1) is 16.3 Å². The first-order valence-electron chi connectivity index (χ1n) is 5.30. The summed E-state index contributed by atoms with van der Waals surface area (Å²) >= 11 is 5.95. The van der Waals surface area contributed by atoms with Crippen LogP contribution in [0, 0.1) is 18.3 Å². The van der Waals surface area contributed by atoms with Crippen molar-refractivity contribution >= 4 is 28.8 Å². The molecule has 0 saturated carbocycles. The number of nitrogens with two attached hydrogens (primary N) is 1. The highest BCUT2D eigenvalue weighted by molar-refractivity contribution is 6.32. The first kappa shape index (κ1) is 12.2. The lowest BCUT2D eigenvalue weighted by atomic mass is 10.2. The molecular weight excluding hydrogens is 248 g/mol. The number of hydrogen-bond donors (Lipinski definition) is 2. The van der Waals surface area contributed by atoms with Crippen LogP contribution in [-0.2, 0) is 0 Å². The van der Waals surface area contributed by atoms with Crippen molar-refractivity contribution in [3.63, 3.8) is 0 Å². The number of nitriles is 1. The summed E-state index contributed by atoms with van der Waals surface area (Å²) in [6, 6.07) is 10.7. The third kappa shape index (κ3) is 2.53. The Morgan fingerprint density at radius 3 is 2.78 bits per heavy atom. The summed E-state index contributed by atoms with van der Waals surface area (Å²) in [5.41, 5.74) is 8.42. The molecule has 0 bridgehead atoms. The molecule has 0 atom stereocenters. The van der Waals surface area contributed by atoms with Gasteiger partial charge in [-0.2, -0.15) is 5.26 Å². The fourth-order valence-corrected chi connectivity index (χ4v) is 1.71. The lowest BCUT2D eigenvalue weighted by molar-refractivity contribution is 1.20. The van der Waals surface area contributed by atoms with Gasteiger partial charge in [0.25, 0.3) is 0 Å². The fourth-order valence-electron chi connectivity index (χ4n) is 1.49. The molecule has 0 fully saturated rings. The summed E-state index contributed by atoms with van der Waals surface area (Å²) in [7, 11) is 0. The van der Waals surface area contributed by atoms with E-state index in [2.05, 4.69) is 10.3 Å². The molecule has 1 aromatic heterocycles. The number of halogens is 1. The van der Waals surface area contributed by atoms with Crippen molar-refractivity contribution in [3.8, 4) is 6.07 Å². The number of rotatable bonds is 2. The van der Waals surface area contributed by atoms with Gasteiger partial charge < -0.3 is 11.1 Å². The van der Waals surface area contributed by atoms with Crippen molar-refractivity contribution in [2.75, 3.05) is 11.1 Å². The van der Waals surface area contributed by atoms with E-state index in [0.29, 0.717) is 22.1 Å². The molecule has 0 radical (unpaired) electrons. The number of nitrogen functional groups attached to an aromatic ring is 1. The summed E-state index contributed by atoms with van der Waals surface area (Å²) < 4.78 is 0. The Bertz CT molecular complexity index is 631. The standard InChI is InChI=1S/C13H11ClN4/c1-8-2-5-12(16)13(17-8)18-10-4-3-9(7-15)11(14)6-10/h2-6H,16H2,1H3,(H,17,18). The van der Waals surface area contributed by atoms with Crippen molar-refractivity contribution in [1.82, 2.24) is 4.98 Å². The largest absolute Gasteiger partial charge is 0.396 e. The van der Waals surface area contributed by atoms with Gasteiger partial charge in [-0.1, -0.05) is 11.6 Å². The molecule has 0 aliphatic heterocycles.